The van der Waals surface area contributed by atoms with E-state index >= 15 is 0 Å². The first-order chi connectivity index (χ1) is 10.3. The molecule has 2 rings (SSSR count). The molecule has 1 heterocycles. The molecule has 2 aromatic rings. The van der Waals surface area contributed by atoms with Crippen LogP contribution >= 0.6 is 11.8 Å². The maximum atomic E-state index is 14.5. The molecule has 1 unspecified atom stereocenters. The summed E-state index contributed by atoms with van der Waals surface area (Å²) in [5.41, 5.74) is -0.165. The molecule has 0 amide bonds. The maximum Gasteiger partial charge on any atom is 0.573 e. The minimum Gasteiger partial charge on any atom is -0.406 e. The monoisotopic (exact) mass is 335 g/mol. The zero-order valence-corrected chi connectivity index (χ0v) is 12.0. The highest BCUT2D eigenvalue weighted by atomic mass is 32.2. The van der Waals surface area contributed by atoms with Gasteiger partial charge in [0.1, 0.15) is 11.6 Å². The number of pyridine rings is 1. The van der Waals surface area contributed by atoms with Crippen molar-refractivity contribution in [1.82, 2.24) is 4.98 Å². The van der Waals surface area contributed by atoms with Gasteiger partial charge in [0, 0.05) is 16.7 Å². The first-order valence-electron chi connectivity index (χ1n) is 5.99. The lowest BCUT2D eigenvalue weighted by molar-refractivity contribution is -0.274. The molecule has 1 aromatic heterocycles. The third-order valence-electron chi connectivity index (χ3n) is 2.78. The van der Waals surface area contributed by atoms with Crippen molar-refractivity contribution in [3.8, 4) is 5.75 Å². The Hall–Kier alpha value is -1.83. The molecule has 118 valence electrons. The molecular formula is C14H10F5NOS. The first kappa shape index (κ1) is 16.5. The number of rotatable bonds is 4. The van der Waals surface area contributed by atoms with Crippen molar-refractivity contribution in [2.24, 2.45) is 0 Å². The molecule has 0 fully saturated rings. The lowest BCUT2D eigenvalue weighted by Crippen LogP contribution is -2.17. The fraction of sp³-hybridized carbons (Fsp3) is 0.214. The largest absolute Gasteiger partial charge is 0.573 e. The van der Waals surface area contributed by atoms with E-state index in [0.29, 0.717) is 4.90 Å². The molecule has 0 N–H and O–H groups in total. The zero-order valence-electron chi connectivity index (χ0n) is 11.2. The van der Waals surface area contributed by atoms with Crippen molar-refractivity contribution < 1.29 is 26.7 Å². The summed E-state index contributed by atoms with van der Waals surface area (Å²) < 4.78 is 68.2. The van der Waals surface area contributed by atoms with Gasteiger partial charge in [-0.3, -0.25) is 4.98 Å². The summed E-state index contributed by atoms with van der Waals surface area (Å²) in [5.74, 6) is -1.28. The lowest BCUT2D eigenvalue weighted by atomic mass is 10.0. The van der Waals surface area contributed by atoms with E-state index in [9.17, 15) is 22.0 Å². The molecule has 1 aromatic carbocycles. The van der Waals surface area contributed by atoms with Gasteiger partial charge < -0.3 is 4.74 Å². The van der Waals surface area contributed by atoms with Crippen LogP contribution in [0, 0.1) is 5.82 Å². The number of halogens is 5. The molecule has 0 aliphatic carbocycles. The van der Waals surface area contributed by atoms with Crippen molar-refractivity contribution in [3.63, 3.8) is 0 Å². The minimum absolute atomic E-state index is 0.0231. The molecule has 0 aliphatic rings. The number of hydrogen-bond acceptors (Lipinski definition) is 3. The zero-order chi connectivity index (χ0) is 16.3. The summed E-state index contributed by atoms with van der Waals surface area (Å²) in [7, 11) is 0. The number of nitrogens with zero attached hydrogens (tertiary/aromatic N) is 1. The predicted octanol–water partition coefficient (Wildman–Crippen LogP) is 4.90. The predicted molar refractivity (Wildman–Crippen MR) is 72.1 cm³/mol. The van der Waals surface area contributed by atoms with Crippen molar-refractivity contribution in [1.29, 1.82) is 0 Å². The van der Waals surface area contributed by atoms with Gasteiger partial charge in [0.05, 0.1) is 6.20 Å². The summed E-state index contributed by atoms with van der Waals surface area (Å²) in [5, 5.41) is 0. The van der Waals surface area contributed by atoms with Crippen LogP contribution in [0.3, 0.4) is 0 Å². The molecule has 0 aliphatic heterocycles. The van der Waals surface area contributed by atoms with Crippen LogP contribution in [0.2, 0.25) is 0 Å². The Bertz CT molecular complexity index is 645. The summed E-state index contributed by atoms with van der Waals surface area (Å²) in [4.78, 5) is 3.96. The molecule has 0 spiro atoms. The molecule has 0 saturated carbocycles. The number of hydrogen-bond donors (Lipinski definition) is 0. The second kappa shape index (κ2) is 6.51. The fourth-order valence-corrected chi connectivity index (χ4v) is 2.43. The second-order valence-electron chi connectivity index (χ2n) is 4.22. The topological polar surface area (TPSA) is 22.1 Å². The van der Waals surface area contributed by atoms with Gasteiger partial charge in [-0.15, -0.1) is 24.9 Å². The van der Waals surface area contributed by atoms with Crippen LogP contribution in [0.25, 0.3) is 0 Å². The molecule has 0 bridgehead atoms. The van der Waals surface area contributed by atoms with Gasteiger partial charge in [0.2, 0.25) is 0 Å². The summed E-state index contributed by atoms with van der Waals surface area (Å²) in [6, 6.07) is 4.20. The van der Waals surface area contributed by atoms with Gasteiger partial charge in [0.15, 0.2) is 6.17 Å². The Morgan fingerprint density at radius 1 is 1.14 bits per heavy atom. The lowest BCUT2D eigenvalue weighted by Gasteiger charge is -2.14. The normalized spacial score (nSPS) is 13.0. The first-order valence-corrected chi connectivity index (χ1v) is 7.21. The van der Waals surface area contributed by atoms with E-state index in [0.717, 1.165) is 42.2 Å². The number of alkyl halides is 4. The molecular weight excluding hydrogens is 325 g/mol. The number of thioether (sulfide) groups is 1. The summed E-state index contributed by atoms with van der Waals surface area (Å²) in [6.07, 6.45) is -2.77. The van der Waals surface area contributed by atoms with Crippen LogP contribution in [0.5, 0.6) is 5.75 Å². The number of benzene rings is 1. The Morgan fingerprint density at radius 3 is 2.32 bits per heavy atom. The quantitative estimate of drug-likeness (QED) is 0.586. The maximum absolute atomic E-state index is 14.5. The molecule has 22 heavy (non-hydrogen) atoms. The highest BCUT2D eigenvalue weighted by molar-refractivity contribution is 7.98. The van der Waals surface area contributed by atoms with Crippen LogP contribution in [0.1, 0.15) is 17.3 Å². The molecule has 1 atom stereocenters. The van der Waals surface area contributed by atoms with Crippen molar-refractivity contribution in [2.45, 2.75) is 17.4 Å². The van der Waals surface area contributed by atoms with Crippen molar-refractivity contribution >= 4 is 11.8 Å². The SMILES string of the molecule is CSc1cncc(F)c1C(F)c1ccc(OC(F)(F)F)cc1. The van der Waals surface area contributed by atoms with E-state index in [1.807, 2.05) is 0 Å². The highest BCUT2D eigenvalue weighted by Crippen LogP contribution is 2.35. The minimum atomic E-state index is -4.82. The molecule has 8 heteroatoms. The molecule has 2 nitrogen and oxygen atoms in total. The van der Waals surface area contributed by atoms with E-state index in [2.05, 4.69) is 9.72 Å². The average molecular weight is 335 g/mol. The third kappa shape index (κ3) is 3.88. The van der Waals surface area contributed by atoms with E-state index in [1.165, 1.54) is 6.20 Å². The smallest absolute Gasteiger partial charge is 0.406 e. The van der Waals surface area contributed by atoms with Gasteiger partial charge in [-0.25, -0.2) is 8.78 Å². The van der Waals surface area contributed by atoms with Gasteiger partial charge in [-0.05, 0) is 24.0 Å². The van der Waals surface area contributed by atoms with Crippen LogP contribution in [0.4, 0.5) is 22.0 Å². The van der Waals surface area contributed by atoms with Gasteiger partial charge in [0.25, 0.3) is 0 Å². The van der Waals surface area contributed by atoms with Crippen LogP contribution in [-0.2, 0) is 0 Å². The van der Waals surface area contributed by atoms with Crippen LogP contribution in [0.15, 0.2) is 41.6 Å². The highest BCUT2D eigenvalue weighted by Gasteiger charge is 2.31. The van der Waals surface area contributed by atoms with Gasteiger partial charge >= 0.3 is 6.36 Å². The fourth-order valence-electron chi connectivity index (χ4n) is 1.84. The van der Waals surface area contributed by atoms with E-state index in [-0.39, 0.29) is 11.1 Å². The van der Waals surface area contributed by atoms with E-state index < -0.39 is 24.1 Å². The Labute approximate surface area is 127 Å². The second-order valence-corrected chi connectivity index (χ2v) is 5.06. The average Bonchev–Trinajstić information content (AvgIpc) is 2.45. The third-order valence-corrected chi connectivity index (χ3v) is 3.55. The van der Waals surface area contributed by atoms with Gasteiger partial charge in [-0.1, -0.05) is 12.1 Å². The van der Waals surface area contributed by atoms with Crippen molar-refractivity contribution in [3.05, 3.63) is 53.6 Å². The number of aromatic nitrogens is 1. The molecule has 0 radical (unpaired) electrons. The van der Waals surface area contributed by atoms with Gasteiger partial charge in [-0.2, -0.15) is 0 Å². The van der Waals surface area contributed by atoms with E-state index in [1.54, 1.807) is 6.26 Å². The molecule has 0 saturated heterocycles. The Balaban J connectivity index is 2.29. The number of ether oxygens (including phenoxy) is 1. The van der Waals surface area contributed by atoms with Crippen LogP contribution < -0.4 is 4.74 Å². The summed E-state index contributed by atoms with van der Waals surface area (Å²) >= 11 is 1.13. The summed E-state index contributed by atoms with van der Waals surface area (Å²) in [6.45, 7) is 0. The Kier molecular flexibility index (Phi) is 4.90. The van der Waals surface area contributed by atoms with Crippen molar-refractivity contribution in [2.75, 3.05) is 6.26 Å². The van der Waals surface area contributed by atoms with Crippen LogP contribution in [-0.4, -0.2) is 17.6 Å². The standard InChI is InChI=1S/C14H10F5NOS/c1-22-11-7-20-6-10(15)12(11)13(16)8-2-4-9(5-3-8)21-14(17,18)19/h2-7,13H,1H3. The Morgan fingerprint density at radius 2 is 1.77 bits per heavy atom. The van der Waals surface area contributed by atoms with E-state index in [4.69, 9.17) is 0 Å².